The molecule has 2 unspecified atom stereocenters. The molecule has 0 N–H and O–H groups in total. The third kappa shape index (κ3) is 6.79. The summed E-state index contributed by atoms with van der Waals surface area (Å²) in [6, 6.07) is 15.2. The van der Waals surface area contributed by atoms with E-state index in [1.165, 1.54) is 0 Å². The Kier molecular flexibility index (Phi) is 12.0. The molecule has 2 atom stereocenters. The Balaban J connectivity index is 1.99. The van der Waals surface area contributed by atoms with Gasteiger partial charge in [0.2, 0.25) is 0 Å². The van der Waals surface area contributed by atoms with Crippen LogP contribution in [0.3, 0.4) is 0 Å². The lowest BCUT2D eigenvalue weighted by atomic mass is 9.70. The van der Waals surface area contributed by atoms with Gasteiger partial charge in [-0.1, -0.05) is 112 Å². The first kappa shape index (κ1) is 36.3. The van der Waals surface area contributed by atoms with Gasteiger partial charge in [-0.2, -0.15) is 0 Å². The van der Waals surface area contributed by atoms with Gasteiger partial charge in [0.05, 0.1) is 37.6 Å². The molecule has 0 bridgehead atoms. The maximum Gasteiger partial charge on any atom is 0.338 e. The van der Waals surface area contributed by atoms with Gasteiger partial charge in [-0.25, -0.2) is 9.59 Å². The van der Waals surface area contributed by atoms with Crippen LogP contribution in [0.4, 0.5) is 0 Å². The summed E-state index contributed by atoms with van der Waals surface area (Å²) in [6.07, 6.45) is 5.59. The van der Waals surface area contributed by atoms with E-state index in [0.717, 1.165) is 41.8 Å². The number of hydrogen-bond acceptors (Lipinski definition) is 8. The highest BCUT2D eigenvalue weighted by Crippen LogP contribution is 2.53. The van der Waals surface area contributed by atoms with Crippen LogP contribution in [-0.2, 0) is 37.7 Å². The summed E-state index contributed by atoms with van der Waals surface area (Å²) in [6.45, 7) is 8.42. The first-order valence-corrected chi connectivity index (χ1v) is 18.4. The molecule has 0 saturated heterocycles. The number of benzene rings is 4. The molecular weight excluding hydrogens is 688 g/mol. The quantitative estimate of drug-likeness (QED) is 0.0283. The lowest BCUT2D eigenvalue weighted by Gasteiger charge is -2.38. The van der Waals surface area contributed by atoms with Crippen LogP contribution in [0.15, 0.2) is 48.5 Å². The van der Waals surface area contributed by atoms with Crippen molar-refractivity contribution in [1.82, 2.24) is 0 Å². The third-order valence-corrected chi connectivity index (χ3v) is 10.3. The zero-order valence-electron chi connectivity index (χ0n) is 28.8. The average Bonchev–Trinajstić information content (AvgIpc) is 3.10. The smallest absolute Gasteiger partial charge is 0.338 e. The summed E-state index contributed by atoms with van der Waals surface area (Å²) in [5.74, 6) is -4.50. The van der Waals surface area contributed by atoms with Gasteiger partial charge >= 0.3 is 23.9 Å². The summed E-state index contributed by atoms with van der Waals surface area (Å²) in [5, 5.41) is 4.79. The van der Waals surface area contributed by atoms with E-state index < -0.39 is 34.1 Å². The molecule has 0 amide bonds. The van der Waals surface area contributed by atoms with Gasteiger partial charge in [0, 0.05) is 5.22 Å². The van der Waals surface area contributed by atoms with Gasteiger partial charge < -0.3 is 18.9 Å². The third-order valence-electron chi connectivity index (χ3n) is 9.15. The fourth-order valence-corrected chi connectivity index (χ4v) is 7.56. The molecule has 0 radical (unpaired) electrons. The first-order chi connectivity index (χ1) is 23.8. The number of esters is 4. The van der Waals surface area contributed by atoms with Crippen molar-refractivity contribution in [2.75, 3.05) is 26.4 Å². The van der Waals surface area contributed by atoms with E-state index in [9.17, 15) is 19.2 Å². The normalized spacial score (nSPS) is 17.0. The van der Waals surface area contributed by atoms with Crippen LogP contribution in [0.5, 0.6) is 0 Å². The molecular formula is C40H45BrO8. The SMILES string of the molecule is CCCCOC(=O)C1=c2c(C(=O)OCCCC)ccc3c2c(c2cccc4cccc3c42)C(Br)(C(=O)OCCCC)C1C(=O)OCCCC. The number of carbonyl (C=O) groups is 4. The Morgan fingerprint density at radius 2 is 1.16 bits per heavy atom. The van der Waals surface area contributed by atoms with Crippen molar-refractivity contribution in [3.8, 4) is 0 Å². The van der Waals surface area contributed by atoms with Crippen LogP contribution in [0.25, 0.3) is 37.9 Å². The van der Waals surface area contributed by atoms with Crippen molar-refractivity contribution in [3.05, 3.63) is 64.9 Å². The predicted octanol–water partition coefficient (Wildman–Crippen LogP) is 8.22. The monoisotopic (exact) mass is 732 g/mol. The van der Waals surface area contributed by atoms with Crippen LogP contribution in [-0.4, -0.2) is 50.3 Å². The molecule has 0 fully saturated rings. The number of hydrogen-bond donors (Lipinski definition) is 0. The fraction of sp³-hybridized carbons (Fsp3) is 0.450. The summed E-state index contributed by atoms with van der Waals surface area (Å²) in [7, 11) is 0. The minimum Gasteiger partial charge on any atom is -0.465 e. The average molecular weight is 734 g/mol. The summed E-state index contributed by atoms with van der Waals surface area (Å²) >= 11 is 3.82. The molecule has 1 aliphatic rings. The molecule has 0 saturated carbocycles. The second-order valence-electron chi connectivity index (χ2n) is 12.5. The number of fused-ring (bicyclic) bond motifs is 2. The molecule has 5 rings (SSSR count). The standard InChI is InChI=1S/C40H45BrO8/c1-5-9-21-46-36(42)29-20-19-27-26-17-13-15-25-16-14-18-28(30(25)26)34-32(27)31(29)33(37(43)47-22-10-6-2)35(38(44)48-23-11-7-3)40(34,41)39(45)49-24-12-8-4/h13-20,35H,5-12,21-24H2,1-4H3. The molecule has 49 heavy (non-hydrogen) atoms. The summed E-state index contributed by atoms with van der Waals surface area (Å²) in [4.78, 5) is 57.5. The zero-order chi connectivity index (χ0) is 35.1. The second-order valence-corrected chi connectivity index (χ2v) is 13.8. The highest BCUT2D eigenvalue weighted by atomic mass is 79.9. The topological polar surface area (TPSA) is 105 Å². The molecule has 0 heterocycles. The van der Waals surface area contributed by atoms with E-state index in [0.29, 0.717) is 47.4 Å². The Hall–Kier alpha value is -3.98. The highest BCUT2D eigenvalue weighted by Gasteiger charge is 2.58. The molecule has 1 aliphatic carbocycles. The van der Waals surface area contributed by atoms with E-state index in [1.54, 1.807) is 6.07 Å². The minimum absolute atomic E-state index is 0.0878. The number of ether oxygens (including phenoxy) is 4. The molecule has 0 spiro atoms. The number of carbonyl (C=O) groups excluding carboxylic acids is 4. The predicted molar refractivity (Wildman–Crippen MR) is 194 cm³/mol. The zero-order valence-corrected chi connectivity index (χ0v) is 30.4. The van der Waals surface area contributed by atoms with E-state index in [4.69, 9.17) is 18.9 Å². The number of rotatable bonds is 16. The van der Waals surface area contributed by atoms with Gasteiger partial charge in [0.25, 0.3) is 0 Å². The first-order valence-electron chi connectivity index (χ1n) is 17.6. The Labute approximate surface area is 295 Å². The number of unbranched alkanes of at least 4 members (excludes halogenated alkanes) is 4. The molecule has 0 aliphatic heterocycles. The number of halogens is 1. The summed E-state index contributed by atoms with van der Waals surface area (Å²) in [5.41, 5.74) is 0.423. The Morgan fingerprint density at radius 3 is 1.78 bits per heavy atom. The molecule has 4 aromatic carbocycles. The second kappa shape index (κ2) is 16.2. The maximum atomic E-state index is 14.7. The van der Waals surface area contributed by atoms with Crippen LogP contribution in [0.1, 0.15) is 95.0 Å². The van der Waals surface area contributed by atoms with Crippen molar-refractivity contribution in [1.29, 1.82) is 0 Å². The van der Waals surface area contributed by atoms with Crippen molar-refractivity contribution in [2.45, 2.75) is 83.4 Å². The summed E-state index contributed by atoms with van der Waals surface area (Å²) < 4.78 is 21.4. The highest BCUT2D eigenvalue weighted by molar-refractivity contribution is 9.10. The van der Waals surface area contributed by atoms with E-state index >= 15 is 0 Å². The van der Waals surface area contributed by atoms with Gasteiger partial charge in [-0.05, 0) is 69.6 Å². The lowest BCUT2D eigenvalue weighted by molar-refractivity contribution is -0.157. The van der Waals surface area contributed by atoms with Crippen molar-refractivity contribution >= 4 is 77.7 Å². The van der Waals surface area contributed by atoms with E-state index in [2.05, 4.69) is 15.9 Å². The lowest BCUT2D eigenvalue weighted by Crippen LogP contribution is -2.51. The fourth-order valence-electron chi connectivity index (χ4n) is 6.62. The minimum atomic E-state index is -1.91. The maximum absolute atomic E-state index is 14.7. The number of alkyl halides is 1. The van der Waals surface area contributed by atoms with Crippen molar-refractivity contribution in [2.24, 2.45) is 5.92 Å². The van der Waals surface area contributed by atoms with Crippen LogP contribution in [0.2, 0.25) is 0 Å². The van der Waals surface area contributed by atoms with Crippen LogP contribution < -0.4 is 5.22 Å². The molecule has 8 nitrogen and oxygen atoms in total. The van der Waals surface area contributed by atoms with Gasteiger partial charge in [-0.15, -0.1) is 0 Å². The Morgan fingerprint density at radius 1 is 0.633 bits per heavy atom. The van der Waals surface area contributed by atoms with Crippen molar-refractivity contribution < 1.29 is 38.1 Å². The molecule has 0 aromatic heterocycles. The Bertz CT molecular complexity index is 1930. The van der Waals surface area contributed by atoms with Crippen LogP contribution >= 0.6 is 15.9 Å². The largest absolute Gasteiger partial charge is 0.465 e. The van der Waals surface area contributed by atoms with Gasteiger partial charge in [0.1, 0.15) is 5.92 Å². The van der Waals surface area contributed by atoms with Crippen molar-refractivity contribution in [3.63, 3.8) is 0 Å². The van der Waals surface area contributed by atoms with Gasteiger partial charge in [-0.3, -0.25) is 9.59 Å². The molecule has 4 aromatic rings. The van der Waals surface area contributed by atoms with E-state index in [1.807, 2.05) is 70.2 Å². The molecule has 9 heteroatoms. The molecule has 260 valence electrons. The van der Waals surface area contributed by atoms with E-state index in [-0.39, 0.29) is 42.8 Å². The van der Waals surface area contributed by atoms with Crippen LogP contribution in [0, 0.1) is 5.92 Å². The van der Waals surface area contributed by atoms with Gasteiger partial charge in [0.15, 0.2) is 4.32 Å².